The Morgan fingerprint density at radius 3 is 2.63 bits per heavy atom. The van der Waals surface area contributed by atoms with Crippen molar-refractivity contribution in [3.05, 3.63) is 47.8 Å². The fraction of sp³-hybridized carbons (Fsp3) is 0.500. The van der Waals surface area contributed by atoms with E-state index in [9.17, 15) is 9.90 Å². The average Bonchev–Trinajstić information content (AvgIpc) is 3.56. The van der Waals surface area contributed by atoms with Crippen LogP contribution in [0, 0.1) is 0 Å². The first-order chi connectivity index (χ1) is 18.1. The van der Waals surface area contributed by atoms with Crippen molar-refractivity contribution in [1.29, 1.82) is 0 Å². The molecule has 10 heteroatoms. The molecule has 1 aliphatic heterocycles. The van der Waals surface area contributed by atoms with Crippen molar-refractivity contribution < 1.29 is 14.6 Å². The van der Waals surface area contributed by atoms with Crippen LogP contribution in [0.1, 0.15) is 71.1 Å². The van der Waals surface area contributed by atoms with Crippen LogP contribution in [0.2, 0.25) is 0 Å². The van der Waals surface area contributed by atoms with Crippen LogP contribution in [0.5, 0.6) is 0 Å². The molecule has 2 atom stereocenters. The Bertz CT molecular complexity index is 1220. The summed E-state index contributed by atoms with van der Waals surface area (Å²) < 4.78 is 5.75. The summed E-state index contributed by atoms with van der Waals surface area (Å²) in [5, 5.41) is 17.2. The molecule has 0 radical (unpaired) electrons. The lowest BCUT2D eigenvalue weighted by atomic mass is 10.0. The van der Waals surface area contributed by atoms with E-state index in [1.54, 1.807) is 17.5 Å². The van der Waals surface area contributed by atoms with Crippen molar-refractivity contribution >= 4 is 34.2 Å². The number of nitrogens with zero attached hydrogens (tertiary/aromatic N) is 4. The number of hydrogen-bond donors (Lipinski definition) is 3. The van der Waals surface area contributed by atoms with Crippen molar-refractivity contribution in [2.24, 2.45) is 0 Å². The summed E-state index contributed by atoms with van der Waals surface area (Å²) >= 11 is 1.62. The van der Waals surface area contributed by atoms with Crippen LogP contribution in [0.4, 0.5) is 21.6 Å². The van der Waals surface area contributed by atoms with E-state index in [4.69, 9.17) is 14.7 Å². The minimum atomic E-state index is -0.935. The molecular formula is C28H38N6O3S. The van der Waals surface area contributed by atoms with Gasteiger partial charge in [0, 0.05) is 37.1 Å². The van der Waals surface area contributed by atoms with E-state index in [1.165, 1.54) is 4.90 Å². The Morgan fingerprint density at radius 1 is 1.24 bits per heavy atom. The average molecular weight is 539 g/mol. The van der Waals surface area contributed by atoms with E-state index in [2.05, 4.69) is 29.5 Å². The lowest BCUT2D eigenvalue weighted by Crippen LogP contribution is -2.44. The highest BCUT2D eigenvalue weighted by Gasteiger charge is 2.26. The van der Waals surface area contributed by atoms with Crippen molar-refractivity contribution in [3.63, 3.8) is 0 Å². The molecule has 1 fully saturated rings. The van der Waals surface area contributed by atoms with Gasteiger partial charge in [-0.15, -0.1) is 0 Å². The number of amides is 1. The molecule has 38 heavy (non-hydrogen) atoms. The van der Waals surface area contributed by atoms with Gasteiger partial charge in [0.15, 0.2) is 5.13 Å². The van der Waals surface area contributed by atoms with Gasteiger partial charge in [-0.2, -0.15) is 0 Å². The molecule has 1 amide bonds. The highest BCUT2D eigenvalue weighted by atomic mass is 32.1. The first-order valence-corrected chi connectivity index (χ1v) is 14.0. The second-order valence-corrected chi connectivity index (χ2v) is 11.7. The zero-order valence-electron chi connectivity index (χ0n) is 22.8. The molecule has 3 aromatic rings. The largest absolute Gasteiger partial charge is 0.465 e. The molecule has 3 N–H and O–H groups in total. The maximum absolute atomic E-state index is 11.7. The number of benzene rings is 1. The van der Waals surface area contributed by atoms with Gasteiger partial charge in [-0.3, -0.25) is 4.90 Å². The first-order valence-electron chi connectivity index (χ1n) is 13.2. The summed E-state index contributed by atoms with van der Waals surface area (Å²) in [4.78, 5) is 28.3. The van der Waals surface area contributed by atoms with E-state index >= 15 is 0 Å². The molecule has 204 valence electrons. The molecule has 9 nitrogen and oxygen atoms in total. The third kappa shape index (κ3) is 6.99. The Labute approximate surface area is 228 Å². The van der Waals surface area contributed by atoms with Gasteiger partial charge >= 0.3 is 6.09 Å². The summed E-state index contributed by atoms with van der Waals surface area (Å²) in [7, 11) is 0. The Kier molecular flexibility index (Phi) is 8.83. The van der Waals surface area contributed by atoms with Crippen LogP contribution in [-0.2, 0) is 11.3 Å². The molecule has 1 aromatic carbocycles. The minimum Gasteiger partial charge on any atom is -0.465 e. The number of hydrogen-bond acceptors (Lipinski definition) is 8. The number of ether oxygens (including phenoxy) is 1. The van der Waals surface area contributed by atoms with Crippen molar-refractivity contribution in [2.75, 3.05) is 23.8 Å². The third-order valence-electron chi connectivity index (χ3n) is 6.72. The monoisotopic (exact) mass is 538 g/mol. The molecule has 3 heterocycles. The van der Waals surface area contributed by atoms with Crippen LogP contribution in [0.3, 0.4) is 0 Å². The third-order valence-corrected chi connectivity index (χ3v) is 7.77. The van der Waals surface area contributed by atoms with Gasteiger partial charge in [-0.25, -0.2) is 19.7 Å². The zero-order chi connectivity index (χ0) is 27.3. The van der Waals surface area contributed by atoms with Crippen LogP contribution in [0.15, 0.2) is 36.5 Å². The van der Waals surface area contributed by atoms with E-state index in [-0.39, 0.29) is 6.10 Å². The van der Waals surface area contributed by atoms with Gasteiger partial charge in [0.1, 0.15) is 0 Å². The molecule has 0 spiro atoms. The standard InChI is InChI=1S/C28H38N6O3S/c1-6-18(2)23-24(38-26(33-23)30-16-21-8-7-15-37-21)22-13-14-29-25(32-22)31-20-11-9-19(10-12-20)17-34(27(35)36)28(3,4)5/h9-14,18,21H,6-8,15-17H2,1-5H3,(H,30,33)(H,35,36)(H,29,31,32). The predicted molar refractivity (Wildman–Crippen MR) is 152 cm³/mol. The Balaban J connectivity index is 1.49. The van der Waals surface area contributed by atoms with E-state index < -0.39 is 11.6 Å². The zero-order valence-corrected chi connectivity index (χ0v) is 23.6. The fourth-order valence-electron chi connectivity index (χ4n) is 4.27. The summed E-state index contributed by atoms with van der Waals surface area (Å²) in [6.45, 7) is 11.9. The molecule has 0 saturated carbocycles. The minimum absolute atomic E-state index is 0.247. The van der Waals surface area contributed by atoms with E-state index in [1.807, 2.05) is 51.1 Å². The van der Waals surface area contributed by atoms with Crippen molar-refractivity contribution in [3.8, 4) is 10.6 Å². The topological polar surface area (TPSA) is 113 Å². The van der Waals surface area contributed by atoms with E-state index in [0.29, 0.717) is 18.4 Å². The summed E-state index contributed by atoms with van der Waals surface area (Å²) in [5.41, 5.74) is 3.13. The smallest absolute Gasteiger partial charge is 0.408 e. The maximum Gasteiger partial charge on any atom is 0.408 e. The van der Waals surface area contributed by atoms with Gasteiger partial charge in [0.2, 0.25) is 5.95 Å². The molecule has 1 saturated heterocycles. The summed E-state index contributed by atoms with van der Waals surface area (Å²) in [6.07, 6.45) is 4.25. The SMILES string of the molecule is CCC(C)c1nc(NCC2CCCO2)sc1-c1ccnc(Nc2ccc(CN(C(=O)O)C(C)(C)C)cc2)n1. The van der Waals surface area contributed by atoms with Gasteiger partial charge in [-0.05, 0) is 69.7 Å². The molecule has 4 rings (SSSR count). The second kappa shape index (κ2) is 12.1. The quantitative estimate of drug-likeness (QED) is 0.261. The van der Waals surface area contributed by atoms with Crippen LogP contribution in [0.25, 0.3) is 10.6 Å². The lowest BCUT2D eigenvalue weighted by molar-refractivity contribution is 0.0955. The van der Waals surface area contributed by atoms with Crippen LogP contribution < -0.4 is 10.6 Å². The molecule has 0 aliphatic carbocycles. The van der Waals surface area contributed by atoms with Crippen molar-refractivity contribution in [2.45, 2.75) is 78.0 Å². The highest BCUT2D eigenvalue weighted by molar-refractivity contribution is 7.19. The number of rotatable bonds is 10. The van der Waals surface area contributed by atoms with Gasteiger partial charge < -0.3 is 20.5 Å². The van der Waals surface area contributed by atoms with Crippen LogP contribution >= 0.6 is 11.3 Å². The number of thiazole rings is 1. The number of nitrogens with one attached hydrogen (secondary N) is 2. The molecule has 1 aliphatic rings. The number of anilines is 3. The summed E-state index contributed by atoms with van der Waals surface area (Å²) in [5.74, 6) is 0.798. The van der Waals surface area contributed by atoms with Crippen molar-refractivity contribution in [1.82, 2.24) is 19.9 Å². The molecule has 2 aromatic heterocycles. The fourth-order valence-corrected chi connectivity index (χ4v) is 5.33. The molecule has 2 unspecified atom stereocenters. The Hall–Kier alpha value is -3.24. The van der Waals surface area contributed by atoms with E-state index in [0.717, 1.165) is 65.1 Å². The van der Waals surface area contributed by atoms with Crippen LogP contribution in [-0.4, -0.2) is 55.8 Å². The summed E-state index contributed by atoms with van der Waals surface area (Å²) in [6, 6.07) is 9.59. The van der Waals surface area contributed by atoms with Gasteiger partial charge in [0.05, 0.1) is 22.4 Å². The predicted octanol–water partition coefficient (Wildman–Crippen LogP) is 6.73. The number of aromatic nitrogens is 3. The number of carboxylic acid groups (broad SMARTS) is 1. The first kappa shape index (κ1) is 27.8. The molecule has 0 bridgehead atoms. The maximum atomic E-state index is 11.7. The van der Waals surface area contributed by atoms with Gasteiger partial charge in [-0.1, -0.05) is 37.3 Å². The lowest BCUT2D eigenvalue weighted by Gasteiger charge is -2.33. The Morgan fingerprint density at radius 2 is 2.00 bits per heavy atom. The van der Waals surface area contributed by atoms with Gasteiger partial charge in [0.25, 0.3) is 0 Å². The second-order valence-electron chi connectivity index (χ2n) is 10.7. The number of carbonyl (C=O) groups is 1. The normalized spacial score (nSPS) is 16.3. The molecular weight excluding hydrogens is 500 g/mol. The highest BCUT2D eigenvalue weighted by Crippen LogP contribution is 2.37.